The first-order valence-corrected chi connectivity index (χ1v) is 27.7. The first-order valence-electron chi connectivity index (χ1n) is 26.7. The van der Waals surface area contributed by atoms with Crippen LogP contribution >= 0.6 is 15.9 Å². The molecule has 0 spiro atoms. The van der Waals surface area contributed by atoms with Crippen LogP contribution in [0.1, 0.15) is 149 Å². The Balaban J connectivity index is 0.000000211. The van der Waals surface area contributed by atoms with E-state index in [1.54, 1.807) is 47.1 Å². The van der Waals surface area contributed by atoms with Gasteiger partial charge < -0.3 is 38.2 Å². The monoisotopic (exact) mass is 1170 g/mol. The minimum absolute atomic E-state index is 0.0169. The van der Waals surface area contributed by atoms with Crippen LogP contribution < -0.4 is 4.74 Å². The Kier molecular flexibility index (Phi) is 21.8. The van der Waals surface area contributed by atoms with Crippen molar-refractivity contribution in [1.82, 2.24) is 20.1 Å². The highest BCUT2D eigenvalue weighted by Crippen LogP contribution is 2.43. The van der Waals surface area contributed by atoms with Gasteiger partial charge in [0.1, 0.15) is 16.3 Å². The van der Waals surface area contributed by atoms with Crippen LogP contribution in [-0.2, 0) is 66.7 Å². The fourth-order valence-electron chi connectivity index (χ4n) is 9.52. The summed E-state index contributed by atoms with van der Waals surface area (Å²) in [6, 6.07) is 20.7. The first kappa shape index (κ1) is 61.6. The Morgan fingerprint density at radius 3 is 1.47 bits per heavy atom. The molecule has 2 aliphatic rings. The lowest BCUT2D eigenvalue weighted by molar-refractivity contribution is -0.165. The number of hydrogen-bond donors (Lipinski definition) is 1. The topological polar surface area (TPSA) is 175 Å². The number of phenolic OH excluding ortho intramolecular Hbond substituents is 1. The minimum Gasteiger partial charge on any atom is -0.507 e. The fraction of sp³-hybridized carbons (Fsp3) is 0.483. The van der Waals surface area contributed by atoms with E-state index in [1.807, 2.05) is 58.0 Å². The summed E-state index contributed by atoms with van der Waals surface area (Å²) in [7, 11) is 0. The van der Waals surface area contributed by atoms with Crippen molar-refractivity contribution in [1.29, 1.82) is 0 Å². The van der Waals surface area contributed by atoms with E-state index >= 15 is 0 Å². The summed E-state index contributed by atoms with van der Waals surface area (Å²) in [4.78, 5) is 53.3. The van der Waals surface area contributed by atoms with Crippen molar-refractivity contribution < 1.29 is 73.9 Å². The summed E-state index contributed by atoms with van der Waals surface area (Å²) in [6.45, 7) is 13.5. The summed E-state index contributed by atoms with van der Waals surface area (Å²) < 4.78 is 107. The largest absolute Gasteiger partial charge is 0.507 e. The minimum atomic E-state index is -4.69. The Bertz CT molecular complexity index is 2990. The molecule has 4 heterocycles. The van der Waals surface area contributed by atoms with Gasteiger partial charge in [-0.05, 0) is 94.0 Å². The van der Waals surface area contributed by atoms with Crippen LogP contribution in [0.5, 0.6) is 11.5 Å². The maximum atomic E-state index is 13.7. The molecule has 2 amide bonds. The lowest BCUT2D eigenvalue weighted by Crippen LogP contribution is -2.39. The van der Waals surface area contributed by atoms with Gasteiger partial charge in [0.2, 0.25) is 6.10 Å². The molecule has 2 fully saturated rings. The molecule has 6 aromatic rings. The maximum absolute atomic E-state index is 13.7. The molecule has 8 rings (SSSR count). The van der Waals surface area contributed by atoms with Gasteiger partial charge in [0.25, 0.3) is 11.8 Å². The number of carbonyl (C=O) groups is 4. The number of nitrogens with zero attached hydrogens (tertiary/aromatic N) is 4. The summed E-state index contributed by atoms with van der Waals surface area (Å²) in [6.07, 6.45) is -4.02. The molecule has 79 heavy (non-hydrogen) atoms. The number of aryl methyl sites for hydroxylation is 4. The van der Waals surface area contributed by atoms with E-state index in [9.17, 15) is 50.6 Å². The van der Waals surface area contributed by atoms with E-state index in [-0.39, 0.29) is 45.3 Å². The highest BCUT2D eigenvalue weighted by molar-refractivity contribution is 9.09. The van der Waals surface area contributed by atoms with Crippen LogP contribution in [0.2, 0.25) is 0 Å². The van der Waals surface area contributed by atoms with Crippen LogP contribution in [0.3, 0.4) is 0 Å². The number of ether oxygens (including phenoxy) is 3. The zero-order valence-electron chi connectivity index (χ0n) is 45.1. The van der Waals surface area contributed by atoms with Crippen molar-refractivity contribution >= 4 is 61.6 Å². The van der Waals surface area contributed by atoms with Gasteiger partial charge in [0.05, 0.1) is 10.8 Å². The second kappa shape index (κ2) is 28.0. The lowest BCUT2D eigenvalue weighted by atomic mass is 9.97. The Morgan fingerprint density at radius 1 is 0.608 bits per heavy atom. The van der Waals surface area contributed by atoms with Gasteiger partial charge in [-0.3, -0.25) is 14.4 Å². The SMILES string of the molecule is CCCc1cc2c(C(F)(F)F)noc2c(CCC)c1O.CCCc1cc2c(C(F)(F)F)noc2c(CCC)c1OC(C(=O)O[C@H](C)C(=O)N1CCCC1)c1ccccc1.C[C@@H](OC(=O)C(Br)c1ccccc1)C(=O)N1CCCC1. The fourth-order valence-corrected chi connectivity index (χ4v) is 9.94. The third-order valence-corrected chi connectivity index (χ3v) is 14.2. The van der Waals surface area contributed by atoms with E-state index in [2.05, 4.69) is 26.2 Å². The summed E-state index contributed by atoms with van der Waals surface area (Å²) >= 11 is 3.31. The molecule has 4 aromatic carbocycles. The maximum Gasteiger partial charge on any atom is 0.437 e. The van der Waals surface area contributed by atoms with Gasteiger partial charge in [0, 0.05) is 42.9 Å². The average Bonchev–Trinajstić information content (AvgIpc) is 4.44. The number of esters is 2. The van der Waals surface area contributed by atoms with E-state index in [0.717, 1.165) is 50.8 Å². The smallest absolute Gasteiger partial charge is 0.437 e. The molecular formula is C58H67BrF6N4O10. The molecule has 428 valence electrons. The number of aromatic hydroxyl groups is 1. The van der Waals surface area contributed by atoms with Crippen LogP contribution in [0.15, 0.2) is 81.8 Å². The average molecular weight is 1170 g/mol. The summed E-state index contributed by atoms with van der Waals surface area (Å²) in [5, 5.41) is 16.5. The number of halogens is 7. The van der Waals surface area contributed by atoms with E-state index in [0.29, 0.717) is 85.9 Å². The van der Waals surface area contributed by atoms with E-state index < -0.39 is 58.8 Å². The Morgan fingerprint density at radius 2 is 1.01 bits per heavy atom. The van der Waals surface area contributed by atoms with Crippen molar-refractivity contribution in [3.63, 3.8) is 0 Å². The van der Waals surface area contributed by atoms with Crippen molar-refractivity contribution in [3.05, 3.63) is 118 Å². The molecule has 4 atom stereocenters. The second-order valence-corrected chi connectivity index (χ2v) is 20.3. The van der Waals surface area contributed by atoms with E-state index in [1.165, 1.54) is 19.1 Å². The predicted molar refractivity (Wildman–Crippen MR) is 286 cm³/mol. The number of benzene rings is 4. The number of hydrogen-bond acceptors (Lipinski definition) is 12. The molecule has 2 saturated heterocycles. The first-order chi connectivity index (χ1) is 37.6. The number of amides is 2. The number of rotatable bonds is 18. The van der Waals surface area contributed by atoms with Gasteiger partial charge in [-0.15, -0.1) is 0 Å². The quantitative estimate of drug-likeness (QED) is 0.0491. The highest BCUT2D eigenvalue weighted by Gasteiger charge is 2.40. The zero-order chi connectivity index (χ0) is 57.6. The molecule has 0 aliphatic carbocycles. The van der Waals surface area contributed by atoms with E-state index in [4.69, 9.17) is 23.3 Å². The van der Waals surface area contributed by atoms with Gasteiger partial charge in [-0.1, -0.05) is 140 Å². The number of likely N-dealkylation sites (tertiary alicyclic amines) is 2. The number of alkyl halides is 7. The molecule has 2 unspecified atom stereocenters. The highest BCUT2D eigenvalue weighted by atomic mass is 79.9. The number of aromatic nitrogens is 2. The molecule has 0 bridgehead atoms. The van der Waals surface area contributed by atoms with Crippen LogP contribution in [0.25, 0.3) is 21.9 Å². The summed E-state index contributed by atoms with van der Waals surface area (Å²) in [5.41, 5.74) is 1.06. The third-order valence-electron chi connectivity index (χ3n) is 13.3. The normalized spacial score (nSPS) is 15.2. The lowest BCUT2D eigenvalue weighted by Gasteiger charge is -2.25. The third kappa shape index (κ3) is 15.4. The van der Waals surface area contributed by atoms with Crippen LogP contribution in [0, 0.1) is 0 Å². The molecule has 0 radical (unpaired) electrons. The van der Waals surface area contributed by atoms with Gasteiger partial charge >= 0.3 is 24.3 Å². The van der Waals surface area contributed by atoms with Crippen molar-refractivity contribution in [2.75, 3.05) is 26.2 Å². The standard InChI is InChI=1S/C29H33F3N2O5.C15H18BrNO3.C14H16F3NO2/c1-4-11-20-17-22-25(39-33-26(22)29(30,31)32)21(12-5-2)23(20)38-24(19-13-7-6-8-14-19)28(36)37-18(3)27(35)34-15-9-10-16-34;1-11(14(18)17-9-5-6-10-17)20-15(19)13(16)12-7-3-2-4-8-12;1-3-5-8-7-10-12(9(6-4-2)11(8)19)20-18-13(10)14(15,16)17/h6-8,13-14,17-18,24H,4-5,9-12,15-16H2,1-3H3;2-4,7-8,11,13H,5-6,9-10H2,1H3;7,19H,3-6H2,1-2H3/t18-,24?;11-,13?;/m11./s1. The Hall–Kier alpha value is -6.64. The van der Waals surface area contributed by atoms with Crippen molar-refractivity contribution in [3.8, 4) is 11.5 Å². The van der Waals surface area contributed by atoms with Gasteiger partial charge in [-0.25, -0.2) is 4.79 Å². The van der Waals surface area contributed by atoms with Crippen LogP contribution in [0.4, 0.5) is 26.3 Å². The number of carbonyl (C=O) groups excluding carboxylic acids is 4. The van der Waals surface area contributed by atoms with Crippen LogP contribution in [-0.4, -0.2) is 87.4 Å². The van der Waals surface area contributed by atoms with Gasteiger partial charge in [-0.2, -0.15) is 26.3 Å². The number of phenols is 1. The van der Waals surface area contributed by atoms with Crippen molar-refractivity contribution in [2.24, 2.45) is 0 Å². The molecule has 2 aromatic heterocycles. The molecule has 14 nitrogen and oxygen atoms in total. The van der Waals surface area contributed by atoms with Crippen molar-refractivity contribution in [2.45, 2.75) is 154 Å². The molecular weight excluding hydrogens is 1110 g/mol. The van der Waals surface area contributed by atoms with Gasteiger partial charge in [0.15, 0.2) is 34.8 Å². The number of fused-ring (bicyclic) bond motifs is 2. The molecule has 2 aliphatic heterocycles. The second-order valence-electron chi connectivity index (χ2n) is 19.4. The summed E-state index contributed by atoms with van der Waals surface area (Å²) in [5.74, 6) is -1.26. The Labute approximate surface area is 463 Å². The molecule has 0 saturated carbocycles. The zero-order valence-corrected chi connectivity index (χ0v) is 46.7. The molecule has 1 N–H and O–H groups in total. The molecule has 21 heteroatoms. The predicted octanol–water partition coefficient (Wildman–Crippen LogP) is 13.6.